The fraction of sp³-hybridized carbons (Fsp3) is 0.200. The minimum Gasteiger partial charge on any atom is -0.321 e. The molecule has 2 aromatic carbocycles. The SMILES string of the molecule is Cc1nn(Cc2ccc(Cl)c(Cl)c2)c(C)c1NC(=O)Cn1nnc2ccccc21. The number of rotatable bonds is 5. The van der Waals surface area contributed by atoms with Crippen molar-refractivity contribution in [3.8, 4) is 0 Å². The molecule has 29 heavy (non-hydrogen) atoms. The lowest BCUT2D eigenvalue weighted by Crippen LogP contribution is -2.20. The van der Waals surface area contributed by atoms with Crippen LogP contribution in [-0.2, 0) is 17.9 Å². The predicted octanol–water partition coefficient (Wildman–Crippen LogP) is 4.24. The van der Waals surface area contributed by atoms with E-state index >= 15 is 0 Å². The Morgan fingerprint density at radius 3 is 2.66 bits per heavy atom. The summed E-state index contributed by atoms with van der Waals surface area (Å²) >= 11 is 12.1. The van der Waals surface area contributed by atoms with E-state index in [-0.39, 0.29) is 12.5 Å². The quantitative estimate of drug-likeness (QED) is 0.515. The number of fused-ring (bicyclic) bond motifs is 1. The van der Waals surface area contributed by atoms with Crippen molar-refractivity contribution in [3.63, 3.8) is 0 Å². The molecular formula is C20H18Cl2N6O. The van der Waals surface area contributed by atoms with Crippen LogP contribution in [-0.4, -0.2) is 30.7 Å². The van der Waals surface area contributed by atoms with Gasteiger partial charge in [-0.15, -0.1) is 5.10 Å². The molecule has 1 amide bonds. The van der Waals surface area contributed by atoms with Gasteiger partial charge in [0.25, 0.3) is 0 Å². The Hall–Kier alpha value is -2.90. The average molecular weight is 429 g/mol. The largest absolute Gasteiger partial charge is 0.321 e. The second-order valence-electron chi connectivity index (χ2n) is 6.74. The number of carbonyl (C=O) groups is 1. The summed E-state index contributed by atoms with van der Waals surface area (Å²) in [6, 6.07) is 13.0. The minimum atomic E-state index is -0.194. The van der Waals surface area contributed by atoms with Gasteiger partial charge in [-0.05, 0) is 43.7 Å². The lowest BCUT2D eigenvalue weighted by atomic mass is 10.2. The van der Waals surface area contributed by atoms with Gasteiger partial charge < -0.3 is 5.32 Å². The number of carbonyl (C=O) groups excluding carboxylic acids is 1. The van der Waals surface area contributed by atoms with Crippen molar-refractivity contribution in [1.29, 1.82) is 0 Å². The van der Waals surface area contributed by atoms with Crippen LogP contribution in [0.25, 0.3) is 11.0 Å². The molecule has 0 aliphatic rings. The maximum Gasteiger partial charge on any atom is 0.246 e. The maximum absolute atomic E-state index is 12.6. The predicted molar refractivity (Wildman–Crippen MR) is 113 cm³/mol. The second kappa shape index (κ2) is 7.85. The third-order valence-electron chi connectivity index (χ3n) is 4.68. The zero-order chi connectivity index (χ0) is 20.5. The highest BCUT2D eigenvalue weighted by Crippen LogP contribution is 2.25. The molecule has 0 fully saturated rings. The van der Waals surface area contributed by atoms with Crippen LogP contribution in [0.15, 0.2) is 42.5 Å². The molecule has 0 radical (unpaired) electrons. The summed E-state index contributed by atoms with van der Waals surface area (Å²) in [6.07, 6.45) is 0. The molecule has 0 spiro atoms. The molecule has 7 nitrogen and oxygen atoms in total. The number of anilines is 1. The van der Waals surface area contributed by atoms with Gasteiger partial charge in [0.1, 0.15) is 12.1 Å². The van der Waals surface area contributed by atoms with Crippen molar-refractivity contribution in [2.45, 2.75) is 26.9 Å². The molecule has 0 atom stereocenters. The Labute approximate surface area is 177 Å². The molecule has 148 valence electrons. The van der Waals surface area contributed by atoms with Gasteiger partial charge in [0.2, 0.25) is 5.91 Å². The number of aryl methyl sites for hydroxylation is 1. The molecule has 2 aromatic heterocycles. The molecule has 9 heteroatoms. The normalized spacial score (nSPS) is 11.2. The van der Waals surface area contributed by atoms with Gasteiger partial charge in [0.05, 0.1) is 39.2 Å². The molecule has 4 rings (SSSR count). The van der Waals surface area contributed by atoms with E-state index in [1.807, 2.05) is 54.9 Å². The molecule has 1 N–H and O–H groups in total. The maximum atomic E-state index is 12.6. The number of aromatic nitrogens is 5. The first-order valence-corrected chi connectivity index (χ1v) is 9.74. The van der Waals surface area contributed by atoms with Crippen molar-refractivity contribution in [1.82, 2.24) is 24.8 Å². The third-order valence-corrected chi connectivity index (χ3v) is 5.41. The van der Waals surface area contributed by atoms with E-state index in [2.05, 4.69) is 20.7 Å². The number of benzene rings is 2. The third kappa shape index (κ3) is 3.97. The Morgan fingerprint density at radius 2 is 1.86 bits per heavy atom. The van der Waals surface area contributed by atoms with E-state index in [4.69, 9.17) is 23.2 Å². The molecule has 0 bridgehead atoms. The van der Waals surface area contributed by atoms with E-state index in [0.717, 1.165) is 28.0 Å². The molecule has 0 saturated heterocycles. The van der Waals surface area contributed by atoms with Gasteiger partial charge in [-0.3, -0.25) is 9.48 Å². The highest BCUT2D eigenvalue weighted by molar-refractivity contribution is 6.42. The molecule has 0 aliphatic carbocycles. The first-order valence-electron chi connectivity index (χ1n) is 8.98. The van der Waals surface area contributed by atoms with Gasteiger partial charge in [-0.25, -0.2) is 4.68 Å². The molecule has 4 aromatic rings. The van der Waals surface area contributed by atoms with E-state index in [0.29, 0.717) is 22.3 Å². The Kier molecular flexibility index (Phi) is 5.25. The van der Waals surface area contributed by atoms with E-state index < -0.39 is 0 Å². The highest BCUT2D eigenvalue weighted by atomic mass is 35.5. The summed E-state index contributed by atoms with van der Waals surface area (Å²) in [5.74, 6) is -0.194. The van der Waals surface area contributed by atoms with Crippen molar-refractivity contribution in [2.75, 3.05) is 5.32 Å². The Morgan fingerprint density at radius 1 is 1.07 bits per heavy atom. The number of nitrogens with zero attached hydrogens (tertiary/aromatic N) is 5. The monoisotopic (exact) mass is 428 g/mol. The van der Waals surface area contributed by atoms with Crippen molar-refractivity contribution < 1.29 is 4.79 Å². The summed E-state index contributed by atoms with van der Waals surface area (Å²) < 4.78 is 3.41. The number of nitrogens with one attached hydrogen (secondary N) is 1. The Balaban J connectivity index is 1.51. The smallest absolute Gasteiger partial charge is 0.246 e. The van der Waals surface area contributed by atoms with E-state index in [1.54, 1.807) is 10.7 Å². The first-order chi connectivity index (χ1) is 13.9. The zero-order valence-corrected chi connectivity index (χ0v) is 17.4. The molecule has 0 aliphatic heterocycles. The summed E-state index contributed by atoms with van der Waals surface area (Å²) in [6.45, 7) is 4.36. The van der Waals surface area contributed by atoms with E-state index in [1.165, 1.54) is 0 Å². The average Bonchev–Trinajstić information content (AvgIpc) is 3.21. The van der Waals surface area contributed by atoms with Gasteiger partial charge in [0.15, 0.2) is 0 Å². The van der Waals surface area contributed by atoms with Crippen LogP contribution in [0.4, 0.5) is 5.69 Å². The van der Waals surface area contributed by atoms with Crippen LogP contribution in [0.1, 0.15) is 17.0 Å². The number of para-hydroxylation sites is 1. The topological polar surface area (TPSA) is 77.6 Å². The lowest BCUT2D eigenvalue weighted by Gasteiger charge is -2.08. The fourth-order valence-corrected chi connectivity index (χ4v) is 3.51. The summed E-state index contributed by atoms with van der Waals surface area (Å²) in [7, 11) is 0. The van der Waals surface area contributed by atoms with Crippen molar-refractivity contribution >= 4 is 45.8 Å². The summed E-state index contributed by atoms with van der Waals surface area (Å²) in [4.78, 5) is 12.6. The highest BCUT2D eigenvalue weighted by Gasteiger charge is 2.16. The molecular weight excluding hydrogens is 411 g/mol. The number of hydrogen-bond donors (Lipinski definition) is 1. The van der Waals surface area contributed by atoms with Crippen LogP contribution in [0, 0.1) is 13.8 Å². The van der Waals surface area contributed by atoms with Crippen LogP contribution in [0.5, 0.6) is 0 Å². The number of amides is 1. The number of hydrogen-bond acceptors (Lipinski definition) is 4. The van der Waals surface area contributed by atoms with Crippen LogP contribution < -0.4 is 5.32 Å². The van der Waals surface area contributed by atoms with Gasteiger partial charge >= 0.3 is 0 Å². The minimum absolute atomic E-state index is 0.0668. The zero-order valence-electron chi connectivity index (χ0n) is 15.9. The van der Waals surface area contributed by atoms with Gasteiger partial charge in [0, 0.05) is 0 Å². The molecule has 0 saturated carbocycles. The lowest BCUT2D eigenvalue weighted by molar-refractivity contribution is -0.116. The van der Waals surface area contributed by atoms with Gasteiger partial charge in [-0.1, -0.05) is 46.6 Å². The Bertz CT molecular complexity index is 1210. The number of halogens is 2. The standard InChI is InChI=1S/C20H18Cl2N6O/c1-12-20(13(2)27(25-12)10-14-7-8-15(21)16(22)9-14)23-19(29)11-28-18-6-4-3-5-17(18)24-26-28/h3-9H,10-11H2,1-2H3,(H,23,29). The van der Waals surface area contributed by atoms with Crippen molar-refractivity contribution in [2.24, 2.45) is 0 Å². The molecule has 2 heterocycles. The summed E-state index contributed by atoms with van der Waals surface area (Å²) in [5, 5.41) is 16.6. The van der Waals surface area contributed by atoms with Crippen molar-refractivity contribution in [3.05, 3.63) is 69.5 Å². The van der Waals surface area contributed by atoms with Crippen LogP contribution in [0.3, 0.4) is 0 Å². The van der Waals surface area contributed by atoms with Gasteiger partial charge in [-0.2, -0.15) is 5.10 Å². The summed E-state index contributed by atoms with van der Waals surface area (Å²) in [5.41, 5.74) is 4.81. The second-order valence-corrected chi connectivity index (χ2v) is 7.55. The molecule has 0 unspecified atom stereocenters. The first kappa shape index (κ1) is 19.4. The van der Waals surface area contributed by atoms with Crippen LogP contribution >= 0.6 is 23.2 Å². The van der Waals surface area contributed by atoms with E-state index in [9.17, 15) is 4.79 Å². The van der Waals surface area contributed by atoms with Crippen LogP contribution in [0.2, 0.25) is 10.0 Å². The fourth-order valence-electron chi connectivity index (χ4n) is 3.19.